The van der Waals surface area contributed by atoms with Gasteiger partial charge in [-0.15, -0.1) is 0 Å². The molecule has 2 aliphatic heterocycles. The number of nitrogens with one attached hydrogen (secondary N) is 1. The molecule has 2 fully saturated rings. The zero-order chi connectivity index (χ0) is 24.6. The molecule has 8 heteroatoms. The fraction of sp³-hybridized carbons (Fsp3) is 0.444. The van der Waals surface area contributed by atoms with E-state index in [9.17, 15) is 19.5 Å². The van der Waals surface area contributed by atoms with Crippen molar-refractivity contribution >= 4 is 18.0 Å². The van der Waals surface area contributed by atoms with Crippen LogP contribution in [-0.2, 0) is 19.1 Å². The summed E-state index contributed by atoms with van der Waals surface area (Å²) in [5.74, 6) is -1.43. The van der Waals surface area contributed by atoms with Crippen molar-refractivity contribution in [3.63, 3.8) is 0 Å². The molecule has 0 bridgehead atoms. The number of carboxylic acids is 1. The van der Waals surface area contributed by atoms with Gasteiger partial charge in [-0.3, -0.25) is 4.79 Å². The largest absolute Gasteiger partial charge is 0.479 e. The Hall–Kier alpha value is -3.39. The quantitative estimate of drug-likeness (QED) is 0.632. The van der Waals surface area contributed by atoms with Gasteiger partial charge in [0.05, 0.1) is 6.54 Å². The Morgan fingerprint density at radius 3 is 2.40 bits per heavy atom. The number of fused-ring (bicyclic) bond motifs is 4. The highest BCUT2D eigenvalue weighted by molar-refractivity contribution is 5.84. The third kappa shape index (κ3) is 4.16. The molecule has 0 aromatic heterocycles. The second-order valence-electron chi connectivity index (χ2n) is 9.58. The molecule has 0 saturated carbocycles. The van der Waals surface area contributed by atoms with Crippen molar-refractivity contribution in [3.05, 3.63) is 59.7 Å². The van der Waals surface area contributed by atoms with E-state index in [1.54, 1.807) is 4.90 Å². The first-order valence-corrected chi connectivity index (χ1v) is 12.2. The summed E-state index contributed by atoms with van der Waals surface area (Å²) < 4.78 is 11.2. The van der Waals surface area contributed by atoms with E-state index in [2.05, 4.69) is 29.6 Å². The van der Waals surface area contributed by atoms with Crippen molar-refractivity contribution in [2.24, 2.45) is 5.92 Å². The van der Waals surface area contributed by atoms with E-state index in [-0.39, 0.29) is 37.3 Å². The molecule has 2 aromatic rings. The lowest BCUT2D eigenvalue weighted by molar-refractivity contribution is -0.161. The van der Waals surface area contributed by atoms with Crippen LogP contribution in [0.1, 0.15) is 43.2 Å². The molecule has 2 unspecified atom stereocenters. The van der Waals surface area contributed by atoms with E-state index in [1.807, 2.05) is 31.2 Å². The summed E-state index contributed by atoms with van der Waals surface area (Å²) in [6, 6.07) is 15.9. The molecule has 2 saturated heterocycles. The highest BCUT2D eigenvalue weighted by Gasteiger charge is 2.57. The summed E-state index contributed by atoms with van der Waals surface area (Å²) in [6.07, 6.45) is 0.706. The van der Waals surface area contributed by atoms with Crippen LogP contribution in [0.5, 0.6) is 0 Å². The number of alkyl carbamates (subject to hydrolysis) is 1. The molecule has 0 radical (unpaired) electrons. The van der Waals surface area contributed by atoms with E-state index >= 15 is 0 Å². The molecule has 2 heterocycles. The van der Waals surface area contributed by atoms with Crippen LogP contribution >= 0.6 is 0 Å². The topological polar surface area (TPSA) is 105 Å². The molecule has 3 atom stereocenters. The number of aliphatic carboxylic acids is 1. The van der Waals surface area contributed by atoms with Crippen LogP contribution in [0.4, 0.5) is 4.79 Å². The number of carboxylic acid groups (broad SMARTS) is 1. The number of hydrogen-bond donors (Lipinski definition) is 2. The number of carbonyl (C=O) groups is 3. The average Bonchev–Trinajstić information content (AvgIpc) is 3.52. The minimum absolute atomic E-state index is 0.0360. The Bertz CT molecular complexity index is 1100. The van der Waals surface area contributed by atoms with Gasteiger partial charge in [0.25, 0.3) is 0 Å². The molecule has 8 nitrogen and oxygen atoms in total. The van der Waals surface area contributed by atoms with E-state index in [1.165, 1.54) is 0 Å². The number of carbonyl (C=O) groups excluding carboxylic acids is 2. The highest BCUT2D eigenvalue weighted by atomic mass is 16.5. The van der Waals surface area contributed by atoms with Gasteiger partial charge >= 0.3 is 12.1 Å². The smallest absolute Gasteiger partial charge is 0.407 e. The maximum absolute atomic E-state index is 12.9. The maximum atomic E-state index is 12.9. The molecule has 2 N–H and O–H groups in total. The number of hydrogen-bond acceptors (Lipinski definition) is 5. The van der Waals surface area contributed by atoms with Crippen LogP contribution in [0, 0.1) is 5.92 Å². The summed E-state index contributed by atoms with van der Waals surface area (Å²) in [7, 11) is 0. The number of amides is 2. The van der Waals surface area contributed by atoms with Crippen LogP contribution in [0.15, 0.2) is 48.5 Å². The molecule has 184 valence electrons. The van der Waals surface area contributed by atoms with Crippen molar-refractivity contribution in [1.29, 1.82) is 0 Å². The van der Waals surface area contributed by atoms with Crippen LogP contribution in [0.3, 0.4) is 0 Å². The third-order valence-electron chi connectivity index (χ3n) is 7.65. The minimum atomic E-state index is -1.29. The van der Waals surface area contributed by atoms with Crippen molar-refractivity contribution < 1.29 is 29.0 Å². The second-order valence-corrected chi connectivity index (χ2v) is 9.58. The van der Waals surface area contributed by atoms with Crippen LogP contribution in [0.25, 0.3) is 11.1 Å². The molecule has 5 rings (SSSR count). The Labute approximate surface area is 204 Å². The number of rotatable bonds is 7. The minimum Gasteiger partial charge on any atom is -0.479 e. The molecule has 2 amide bonds. The fourth-order valence-corrected chi connectivity index (χ4v) is 5.70. The molecule has 1 aliphatic carbocycles. The van der Waals surface area contributed by atoms with Crippen LogP contribution in [0.2, 0.25) is 0 Å². The Kier molecular flexibility index (Phi) is 6.23. The van der Waals surface area contributed by atoms with E-state index in [0.717, 1.165) is 22.3 Å². The summed E-state index contributed by atoms with van der Waals surface area (Å²) >= 11 is 0. The predicted octanol–water partition coefficient (Wildman–Crippen LogP) is 3.40. The van der Waals surface area contributed by atoms with Crippen molar-refractivity contribution in [3.8, 4) is 11.1 Å². The SMILES string of the molecule is CC[C@@H](CC(=O)N1CC2CCOC2(C(=O)O)C1)NC(=O)OCC1c2ccccc2-c2ccccc21. The molecule has 35 heavy (non-hydrogen) atoms. The van der Waals surface area contributed by atoms with Gasteiger partial charge in [0.15, 0.2) is 5.60 Å². The number of ether oxygens (including phenoxy) is 2. The fourth-order valence-electron chi connectivity index (χ4n) is 5.70. The Morgan fingerprint density at radius 1 is 1.14 bits per heavy atom. The summed E-state index contributed by atoms with van der Waals surface area (Å²) in [6.45, 7) is 2.92. The normalized spacial score (nSPS) is 23.3. The zero-order valence-corrected chi connectivity index (χ0v) is 19.7. The Morgan fingerprint density at radius 2 is 1.80 bits per heavy atom. The van der Waals surface area contributed by atoms with Crippen molar-refractivity contribution in [2.45, 2.75) is 43.7 Å². The van der Waals surface area contributed by atoms with Gasteiger partial charge in [-0.2, -0.15) is 0 Å². The van der Waals surface area contributed by atoms with Crippen molar-refractivity contribution in [1.82, 2.24) is 10.2 Å². The average molecular weight is 479 g/mol. The number of benzene rings is 2. The summed E-state index contributed by atoms with van der Waals surface area (Å²) in [5, 5.41) is 12.5. The lowest BCUT2D eigenvalue weighted by atomic mass is 9.91. The molecular formula is C27H30N2O6. The zero-order valence-electron chi connectivity index (χ0n) is 19.7. The van der Waals surface area contributed by atoms with Gasteiger partial charge in [-0.1, -0.05) is 55.5 Å². The number of nitrogens with zero attached hydrogens (tertiary/aromatic N) is 1. The summed E-state index contributed by atoms with van der Waals surface area (Å²) in [5.41, 5.74) is 3.30. The van der Waals surface area contributed by atoms with Crippen LogP contribution in [-0.4, -0.2) is 65.9 Å². The van der Waals surface area contributed by atoms with Gasteiger partial charge in [0.2, 0.25) is 5.91 Å². The molecule has 2 aromatic carbocycles. The van der Waals surface area contributed by atoms with E-state index in [4.69, 9.17) is 9.47 Å². The van der Waals surface area contributed by atoms with Gasteiger partial charge in [0, 0.05) is 37.5 Å². The van der Waals surface area contributed by atoms with Crippen molar-refractivity contribution in [2.75, 3.05) is 26.3 Å². The Balaban J connectivity index is 1.17. The molecular weight excluding hydrogens is 448 g/mol. The first kappa shape index (κ1) is 23.4. The highest BCUT2D eigenvalue weighted by Crippen LogP contribution is 2.44. The van der Waals surface area contributed by atoms with Gasteiger partial charge < -0.3 is 24.8 Å². The second kappa shape index (κ2) is 9.34. The first-order valence-electron chi connectivity index (χ1n) is 12.2. The van der Waals surface area contributed by atoms with Gasteiger partial charge in [-0.25, -0.2) is 9.59 Å². The lowest BCUT2D eigenvalue weighted by Gasteiger charge is -2.24. The number of likely N-dealkylation sites (tertiary alicyclic amines) is 1. The standard InChI is InChI=1S/C27H30N2O6/c1-2-18(13-24(30)29-14-17-11-12-35-27(17,16-29)25(31)32)28-26(33)34-15-23-21-9-5-3-7-19(21)20-8-4-6-10-22(20)23/h3-10,17-18,23H,2,11-16H2,1H3,(H,28,33)(H,31,32)/t17?,18-,27?/m0/s1. The first-order chi connectivity index (χ1) is 16.9. The lowest BCUT2D eigenvalue weighted by Crippen LogP contribution is -2.46. The van der Waals surface area contributed by atoms with Gasteiger partial charge in [0.1, 0.15) is 6.61 Å². The monoisotopic (exact) mass is 478 g/mol. The third-order valence-corrected chi connectivity index (χ3v) is 7.65. The van der Waals surface area contributed by atoms with E-state index in [0.29, 0.717) is 26.0 Å². The molecule has 0 spiro atoms. The van der Waals surface area contributed by atoms with Crippen LogP contribution < -0.4 is 5.32 Å². The molecule has 3 aliphatic rings. The predicted molar refractivity (Wildman–Crippen MR) is 128 cm³/mol. The van der Waals surface area contributed by atoms with E-state index < -0.39 is 23.7 Å². The maximum Gasteiger partial charge on any atom is 0.407 e. The van der Waals surface area contributed by atoms with Gasteiger partial charge in [-0.05, 0) is 35.1 Å². The summed E-state index contributed by atoms with van der Waals surface area (Å²) in [4.78, 5) is 38.9.